The second-order valence-electron chi connectivity index (χ2n) is 5.16. The van der Waals surface area contributed by atoms with Crippen molar-refractivity contribution in [3.8, 4) is 0 Å². The van der Waals surface area contributed by atoms with Gasteiger partial charge in [-0.3, -0.25) is 4.79 Å². The molecular formula is C12H22N2O2. The lowest BCUT2D eigenvalue weighted by molar-refractivity contribution is -0.135. The molecule has 0 spiro atoms. The predicted molar refractivity (Wildman–Crippen MR) is 62.2 cm³/mol. The maximum absolute atomic E-state index is 11.8. The molecule has 2 rings (SSSR count). The van der Waals surface area contributed by atoms with E-state index in [1.807, 2.05) is 18.7 Å². The van der Waals surface area contributed by atoms with Crippen LogP contribution in [0, 0.1) is 5.92 Å². The Kier molecular flexibility index (Phi) is 3.82. The summed E-state index contributed by atoms with van der Waals surface area (Å²) in [6, 6.07) is 1.13. The highest BCUT2D eigenvalue weighted by molar-refractivity contribution is 5.78. The Morgan fingerprint density at radius 1 is 1.25 bits per heavy atom. The van der Waals surface area contributed by atoms with Crippen LogP contribution in [-0.4, -0.2) is 49.2 Å². The van der Waals surface area contributed by atoms with Gasteiger partial charge in [0.15, 0.2) is 0 Å². The van der Waals surface area contributed by atoms with Gasteiger partial charge < -0.3 is 15.0 Å². The molecule has 1 amide bonds. The van der Waals surface area contributed by atoms with Crippen LogP contribution in [0.3, 0.4) is 0 Å². The number of hydrogen-bond donors (Lipinski definition) is 1. The Balaban J connectivity index is 1.71. The van der Waals surface area contributed by atoms with Crippen molar-refractivity contribution in [2.75, 3.05) is 26.3 Å². The second-order valence-corrected chi connectivity index (χ2v) is 5.16. The van der Waals surface area contributed by atoms with Crippen molar-refractivity contribution in [2.24, 2.45) is 5.92 Å². The minimum atomic E-state index is 0.129. The highest BCUT2D eigenvalue weighted by Crippen LogP contribution is 2.15. The molecule has 0 aromatic heterocycles. The zero-order chi connectivity index (χ0) is 11.5. The van der Waals surface area contributed by atoms with Gasteiger partial charge in [-0.2, -0.15) is 0 Å². The van der Waals surface area contributed by atoms with Gasteiger partial charge >= 0.3 is 0 Å². The molecule has 2 heterocycles. The molecule has 0 unspecified atom stereocenters. The Morgan fingerprint density at radius 3 is 2.31 bits per heavy atom. The first-order valence-corrected chi connectivity index (χ1v) is 6.29. The fraction of sp³-hybridized carbons (Fsp3) is 0.917. The van der Waals surface area contributed by atoms with Crippen molar-refractivity contribution in [1.82, 2.24) is 10.2 Å². The Morgan fingerprint density at radius 2 is 1.88 bits per heavy atom. The molecular weight excluding hydrogens is 204 g/mol. The summed E-state index contributed by atoms with van der Waals surface area (Å²) in [6.07, 6.45) is 2.16. The highest BCUT2D eigenvalue weighted by atomic mass is 16.5. The van der Waals surface area contributed by atoms with Gasteiger partial charge in [-0.25, -0.2) is 0 Å². The first-order valence-electron chi connectivity index (χ1n) is 6.29. The van der Waals surface area contributed by atoms with E-state index >= 15 is 0 Å². The number of carbonyl (C=O) groups excluding carboxylic acids is 1. The van der Waals surface area contributed by atoms with Crippen LogP contribution in [0.5, 0.6) is 0 Å². The minimum Gasteiger partial charge on any atom is -0.378 e. The van der Waals surface area contributed by atoms with E-state index in [0.29, 0.717) is 18.0 Å². The van der Waals surface area contributed by atoms with Crippen molar-refractivity contribution in [3.63, 3.8) is 0 Å². The largest absolute Gasteiger partial charge is 0.378 e. The summed E-state index contributed by atoms with van der Waals surface area (Å²) >= 11 is 0. The Labute approximate surface area is 97.3 Å². The molecule has 1 N–H and O–H groups in total. The van der Waals surface area contributed by atoms with Gasteiger partial charge in [-0.1, -0.05) is 13.8 Å². The van der Waals surface area contributed by atoms with Crippen LogP contribution in [0.2, 0.25) is 0 Å². The van der Waals surface area contributed by atoms with Crippen LogP contribution in [0.4, 0.5) is 0 Å². The fourth-order valence-electron chi connectivity index (χ4n) is 2.30. The Bertz CT molecular complexity index is 243. The number of likely N-dealkylation sites (tertiary alicyclic amines) is 1. The third kappa shape index (κ3) is 2.74. The summed E-state index contributed by atoms with van der Waals surface area (Å²) in [4.78, 5) is 13.8. The summed E-state index contributed by atoms with van der Waals surface area (Å²) in [5, 5.41) is 3.58. The fourth-order valence-corrected chi connectivity index (χ4v) is 2.30. The summed E-state index contributed by atoms with van der Waals surface area (Å²) in [5.41, 5.74) is 0. The molecule has 0 radical (unpaired) electrons. The lowest BCUT2D eigenvalue weighted by Crippen LogP contribution is -2.54. The van der Waals surface area contributed by atoms with Gasteiger partial charge in [0.2, 0.25) is 5.91 Å². The second kappa shape index (κ2) is 5.15. The van der Waals surface area contributed by atoms with Crippen molar-refractivity contribution in [2.45, 2.75) is 38.8 Å². The Hall–Kier alpha value is -0.610. The normalized spacial score (nSPS) is 23.6. The summed E-state index contributed by atoms with van der Waals surface area (Å²) in [6.45, 7) is 7.46. The average molecular weight is 226 g/mol. The van der Waals surface area contributed by atoms with E-state index in [9.17, 15) is 4.79 Å². The van der Waals surface area contributed by atoms with Gasteiger partial charge in [0.25, 0.3) is 0 Å². The van der Waals surface area contributed by atoms with Crippen LogP contribution >= 0.6 is 0 Å². The molecule has 2 aliphatic rings. The standard InChI is InChI=1S/C12H22N2O2/c1-9(2)12(15)14-5-3-10(4-6-14)13-11-7-16-8-11/h9-11,13H,3-8H2,1-2H3. The summed E-state index contributed by atoms with van der Waals surface area (Å²) < 4.78 is 5.14. The van der Waals surface area contributed by atoms with Crippen LogP contribution < -0.4 is 5.32 Å². The number of ether oxygens (including phenoxy) is 1. The first-order chi connectivity index (χ1) is 7.66. The average Bonchev–Trinajstić information content (AvgIpc) is 2.23. The molecule has 16 heavy (non-hydrogen) atoms. The van der Waals surface area contributed by atoms with Gasteiger partial charge in [0.05, 0.1) is 19.3 Å². The topological polar surface area (TPSA) is 41.6 Å². The van der Waals surface area contributed by atoms with E-state index in [1.54, 1.807) is 0 Å². The smallest absolute Gasteiger partial charge is 0.225 e. The number of hydrogen-bond acceptors (Lipinski definition) is 3. The zero-order valence-electron chi connectivity index (χ0n) is 10.2. The number of rotatable bonds is 3. The quantitative estimate of drug-likeness (QED) is 0.767. The number of nitrogens with one attached hydrogen (secondary N) is 1. The van der Waals surface area contributed by atoms with E-state index in [-0.39, 0.29) is 5.92 Å². The highest BCUT2D eigenvalue weighted by Gasteiger charge is 2.27. The molecule has 0 aliphatic carbocycles. The third-order valence-electron chi connectivity index (χ3n) is 3.41. The number of nitrogens with zero attached hydrogens (tertiary/aromatic N) is 1. The van der Waals surface area contributed by atoms with Crippen molar-refractivity contribution in [3.05, 3.63) is 0 Å². The van der Waals surface area contributed by atoms with E-state index in [2.05, 4.69) is 5.32 Å². The maximum Gasteiger partial charge on any atom is 0.225 e. The van der Waals surface area contributed by atoms with E-state index in [4.69, 9.17) is 4.74 Å². The molecule has 0 aromatic rings. The van der Waals surface area contributed by atoms with E-state index < -0.39 is 0 Å². The lowest BCUT2D eigenvalue weighted by atomic mass is 10.0. The third-order valence-corrected chi connectivity index (χ3v) is 3.41. The molecule has 2 fully saturated rings. The predicted octanol–water partition coefficient (Wildman–Crippen LogP) is 0.622. The van der Waals surface area contributed by atoms with Crippen LogP contribution in [0.25, 0.3) is 0 Å². The molecule has 0 saturated carbocycles. The molecule has 92 valence electrons. The SMILES string of the molecule is CC(C)C(=O)N1CCC(NC2COC2)CC1. The zero-order valence-corrected chi connectivity index (χ0v) is 10.2. The molecule has 4 nitrogen and oxygen atoms in total. The van der Waals surface area contributed by atoms with Gasteiger partial charge in [-0.15, -0.1) is 0 Å². The minimum absolute atomic E-state index is 0.129. The van der Waals surface area contributed by atoms with Crippen LogP contribution in [0.15, 0.2) is 0 Å². The van der Waals surface area contributed by atoms with Gasteiger partial charge in [0.1, 0.15) is 0 Å². The molecule has 4 heteroatoms. The molecule has 0 atom stereocenters. The lowest BCUT2D eigenvalue weighted by Gasteiger charge is -2.37. The molecule has 0 aromatic carbocycles. The van der Waals surface area contributed by atoms with Crippen molar-refractivity contribution in [1.29, 1.82) is 0 Å². The van der Waals surface area contributed by atoms with Gasteiger partial charge in [0, 0.05) is 25.0 Å². The molecule has 2 saturated heterocycles. The van der Waals surface area contributed by atoms with E-state index in [0.717, 1.165) is 39.1 Å². The van der Waals surface area contributed by atoms with Crippen LogP contribution in [-0.2, 0) is 9.53 Å². The molecule has 2 aliphatic heterocycles. The number of piperidine rings is 1. The number of carbonyl (C=O) groups is 1. The van der Waals surface area contributed by atoms with E-state index in [1.165, 1.54) is 0 Å². The summed E-state index contributed by atoms with van der Waals surface area (Å²) in [7, 11) is 0. The monoisotopic (exact) mass is 226 g/mol. The maximum atomic E-state index is 11.8. The van der Waals surface area contributed by atoms with Crippen LogP contribution in [0.1, 0.15) is 26.7 Å². The first kappa shape index (κ1) is 11.9. The van der Waals surface area contributed by atoms with Gasteiger partial charge in [-0.05, 0) is 12.8 Å². The summed E-state index contributed by atoms with van der Waals surface area (Å²) in [5.74, 6) is 0.426. The molecule has 0 bridgehead atoms. The van der Waals surface area contributed by atoms with Crippen molar-refractivity contribution >= 4 is 5.91 Å². The number of amides is 1. The van der Waals surface area contributed by atoms with Crippen molar-refractivity contribution < 1.29 is 9.53 Å².